The second kappa shape index (κ2) is 6.67. The van der Waals surface area contributed by atoms with Crippen LogP contribution in [0.2, 0.25) is 5.02 Å². The lowest BCUT2D eigenvalue weighted by atomic mass is 10.0. The molecule has 0 fully saturated rings. The number of rotatable bonds is 3. The number of hydrogen-bond donors (Lipinski definition) is 3. The van der Waals surface area contributed by atoms with Crippen molar-refractivity contribution in [1.82, 2.24) is 5.32 Å². The van der Waals surface area contributed by atoms with Crippen LogP contribution in [0, 0.1) is 5.41 Å². The summed E-state index contributed by atoms with van der Waals surface area (Å²) >= 11 is 6.06. The first-order chi connectivity index (χ1) is 11.2. The summed E-state index contributed by atoms with van der Waals surface area (Å²) in [5.74, 6) is -1.53. The molecule has 0 unspecified atom stereocenters. The van der Waals surface area contributed by atoms with Crippen molar-refractivity contribution >= 4 is 40.6 Å². The SMILES string of the molecule is CC(=O)NC1=CC(=N)C(N(C(C)=O)c2ccc(O)cc2Cl)=CC1=O. The molecule has 7 nitrogen and oxygen atoms in total. The third kappa shape index (κ3) is 3.52. The Labute approximate surface area is 142 Å². The maximum Gasteiger partial charge on any atom is 0.228 e. The molecule has 124 valence electrons. The van der Waals surface area contributed by atoms with E-state index in [1.165, 1.54) is 38.1 Å². The van der Waals surface area contributed by atoms with Gasteiger partial charge in [-0.2, -0.15) is 0 Å². The van der Waals surface area contributed by atoms with Gasteiger partial charge in [0.25, 0.3) is 0 Å². The topological polar surface area (TPSA) is 111 Å². The van der Waals surface area contributed by atoms with Gasteiger partial charge in [0.15, 0.2) is 0 Å². The Morgan fingerprint density at radius 2 is 1.92 bits per heavy atom. The fourth-order valence-corrected chi connectivity index (χ4v) is 2.45. The second-order valence-corrected chi connectivity index (χ2v) is 5.44. The van der Waals surface area contributed by atoms with E-state index >= 15 is 0 Å². The summed E-state index contributed by atoms with van der Waals surface area (Å²) in [6.45, 7) is 2.50. The largest absolute Gasteiger partial charge is 0.508 e. The summed E-state index contributed by atoms with van der Waals surface area (Å²) in [6.07, 6.45) is 2.25. The minimum Gasteiger partial charge on any atom is -0.508 e. The maximum absolute atomic E-state index is 12.1. The number of nitrogens with zero attached hydrogens (tertiary/aromatic N) is 1. The number of carbonyl (C=O) groups is 3. The molecule has 0 saturated carbocycles. The minimum absolute atomic E-state index is 0.0224. The molecule has 0 spiro atoms. The zero-order chi connectivity index (χ0) is 18.0. The third-order valence-corrected chi connectivity index (χ3v) is 3.44. The van der Waals surface area contributed by atoms with Crippen molar-refractivity contribution in [3.8, 4) is 5.75 Å². The van der Waals surface area contributed by atoms with E-state index in [1.54, 1.807) is 0 Å². The molecular formula is C16H14ClN3O4. The van der Waals surface area contributed by atoms with Crippen LogP contribution in [0.25, 0.3) is 0 Å². The minimum atomic E-state index is -0.544. The molecule has 1 aromatic rings. The molecule has 0 atom stereocenters. The molecule has 2 rings (SSSR count). The van der Waals surface area contributed by atoms with Crippen LogP contribution < -0.4 is 10.2 Å². The van der Waals surface area contributed by atoms with Gasteiger partial charge in [-0.15, -0.1) is 0 Å². The predicted molar refractivity (Wildman–Crippen MR) is 89.0 cm³/mol. The molecule has 24 heavy (non-hydrogen) atoms. The van der Waals surface area contributed by atoms with Crippen LogP contribution in [0.4, 0.5) is 5.69 Å². The first-order valence-corrected chi connectivity index (χ1v) is 7.22. The molecule has 1 aliphatic carbocycles. The van der Waals surface area contributed by atoms with Gasteiger partial charge in [-0.3, -0.25) is 24.7 Å². The molecule has 0 saturated heterocycles. The summed E-state index contributed by atoms with van der Waals surface area (Å²) in [6, 6.07) is 4.00. The van der Waals surface area contributed by atoms with Gasteiger partial charge in [0.2, 0.25) is 17.6 Å². The predicted octanol–water partition coefficient (Wildman–Crippen LogP) is 1.90. The van der Waals surface area contributed by atoms with Crippen LogP contribution in [0.1, 0.15) is 13.8 Å². The van der Waals surface area contributed by atoms with Crippen LogP contribution in [-0.4, -0.2) is 28.4 Å². The van der Waals surface area contributed by atoms with Crippen molar-refractivity contribution in [2.75, 3.05) is 4.90 Å². The first kappa shape index (κ1) is 17.4. The van der Waals surface area contributed by atoms with Gasteiger partial charge in [0, 0.05) is 26.0 Å². The lowest BCUT2D eigenvalue weighted by Crippen LogP contribution is -2.36. The third-order valence-electron chi connectivity index (χ3n) is 3.14. The van der Waals surface area contributed by atoms with E-state index in [1.807, 2.05) is 0 Å². The Morgan fingerprint density at radius 1 is 1.25 bits per heavy atom. The van der Waals surface area contributed by atoms with Gasteiger partial charge in [0.1, 0.15) is 5.75 Å². The Morgan fingerprint density at radius 3 is 2.46 bits per heavy atom. The van der Waals surface area contributed by atoms with Gasteiger partial charge >= 0.3 is 0 Å². The number of halogens is 1. The number of hydrogen-bond acceptors (Lipinski definition) is 5. The van der Waals surface area contributed by atoms with Crippen molar-refractivity contribution in [3.63, 3.8) is 0 Å². The molecule has 0 aromatic heterocycles. The van der Waals surface area contributed by atoms with Crippen LogP contribution in [0.3, 0.4) is 0 Å². The summed E-state index contributed by atoms with van der Waals surface area (Å²) in [4.78, 5) is 36.4. The molecule has 0 aliphatic heterocycles. The van der Waals surface area contributed by atoms with E-state index in [-0.39, 0.29) is 33.6 Å². The number of carbonyl (C=O) groups excluding carboxylic acids is 3. The molecule has 0 heterocycles. The highest BCUT2D eigenvalue weighted by Crippen LogP contribution is 2.32. The lowest BCUT2D eigenvalue weighted by Gasteiger charge is -2.27. The normalized spacial score (nSPS) is 14.0. The van der Waals surface area contributed by atoms with E-state index < -0.39 is 17.6 Å². The van der Waals surface area contributed by atoms with Gasteiger partial charge in [-0.1, -0.05) is 11.6 Å². The Kier molecular flexibility index (Phi) is 4.85. The summed E-state index contributed by atoms with van der Waals surface area (Å²) in [5.41, 5.74) is 0.0607. The van der Waals surface area contributed by atoms with Gasteiger partial charge in [-0.05, 0) is 18.2 Å². The average Bonchev–Trinajstić information content (AvgIpc) is 2.45. The van der Waals surface area contributed by atoms with Crippen LogP contribution in [0.5, 0.6) is 5.75 Å². The zero-order valence-electron chi connectivity index (χ0n) is 12.9. The fourth-order valence-electron chi connectivity index (χ4n) is 2.19. The number of nitrogens with one attached hydrogen (secondary N) is 2. The smallest absolute Gasteiger partial charge is 0.228 e. The Hall–Kier alpha value is -2.93. The van der Waals surface area contributed by atoms with Crippen molar-refractivity contribution < 1.29 is 19.5 Å². The molecule has 1 aromatic carbocycles. The maximum atomic E-state index is 12.1. The van der Waals surface area contributed by atoms with Crippen LogP contribution in [0.15, 0.2) is 41.7 Å². The Balaban J connectivity index is 2.47. The highest BCUT2D eigenvalue weighted by molar-refractivity contribution is 6.35. The molecule has 0 bridgehead atoms. The number of phenolic OH excluding ortho intramolecular Hbond substituents is 1. The Bertz CT molecular complexity index is 827. The van der Waals surface area contributed by atoms with E-state index in [4.69, 9.17) is 17.0 Å². The standard InChI is InChI=1S/C16H14ClN3O4/c1-8(21)19-13-6-12(18)15(7-16(13)24)20(9(2)22)14-4-3-10(23)5-11(14)17/h3-7,18,23H,1-2H3,(H,19,21). The summed E-state index contributed by atoms with van der Waals surface area (Å²) < 4.78 is 0. The lowest BCUT2D eigenvalue weighted by molar-refractivity contribution is -0.120. The van der Waals surface area contributed by atoms with Crippen LogP contribution >= 0.6 is 11.6 Å². The number of benzene rings is 1. The monoisotopic (exact) mass is 347 g/mol. The molecule has 1 aliphatic rings. The van der Waals surface area contributed by atoms with Crippen molar-refractivity contribution in [1.29, 1.82) is 5.41 Å². The van der Waals surface area contributed by atoms with Crippen molar-refractivity contribution in [3.05, 3.63) is 46.8 Å². The average molecular weight is 348 g/mol. The summed E-state index contributed by atoms with van der Waals surface area (Å²) in [5, 5.41) is 19.9. The van der Waals surface area contributed by atoms with Crippen molar-refractivity contribution in [2.45, 2.75) is 13.8 Å². The fraction of sp³-hybridized carbons (Fsp3) is 0.125. The van der Waals surface area contributed by atoms with Gasteiger partial charge in [-0.25, -0.2) is 0 Å². The summed E-state index contributed by atoms with van der Waals surface area (Å²) in [7, 11) is 0. The number of aromatic hydroxyl groups is 1. The number of phenols is 1. The van der Waals surface area contributed by atoms with Crippen LogP contribution in [-0.2, 0) is 14.4 Å². The number of ketones is 1. The molecule has 8 heteroatoms. The second-order valence-electron chi connectivity index (χ2n) is 5.04. The zero-order valence-corrected chi connectivity index (χ0v) is 13.6. The quantitative estimate of drug-likeness (QED) is 0.725. The van der Waals surface area contributed by atoms with E-state index in [9.17, 15) is 19.5 Å². The molecular weight excluding hydrogens is 334 g/mol. The molecule has 0 radical (unpaired) electrons. The molecule has 3 N–H and O–H groups in total. The first-order valence-electron chi connectivity index (χ1n) is 6.84. The van der Waals surface area contributed by atoms with Gasteiger partial charge < -0.3 is 10.4 Å². The molecule has 2 amide bonds. The number of allylic oxidation sites excluding steroid dienone is 2. The van der Waals surface area contributed by atoms with E-state index in [0.29, 0.717) is 0 Å². The van der Waals surface area contributed by atoms with Gasteiger partial charge in [0.05, 0.1) is 27.8 Å². The highest BCUT2D eigenvalue weighted by Gasteiger charge is 2.27. The number of amides is 2. The number of anilines is 1. The van der Waals surface area contributed by atoms with E-state index in [2.05, 4.69) is 5.32 Å². The van der Waals surface area contributed by atoms with E-state index in [0.717, 1.165) is 11.0 Å². The highest BCUT2D eigenvalue weighted by atomic mass is 35.5. The van der Waals surface area contributed by atoms with Crippen molar-refractivity contribution in [2.24, 2.45) is 0 Å².